The summed E-state index contributed by atoms with van der Waals surface area (Å²) in [4.78, 5) is 16.4. The maximum Gasteiger partial charge on any atom is 0.416 e. The van der Waals surface area contributed by atoms with Gasteiger partial charge in [0.25, 0.3) is 5.91 Å². The third kappa shape index (κ3) is 6.96. The zero-order chi connectivity index (χ0) is 23.4. The van der Waals surface area contributed by atoms with Crippen molar-refractivity contribution in [3.8, 4) is 0 Å². The minimum Gasteiger partial charge on any atom is -0.367 e. The normalized spacial score (nSPS) is 15.8. The molecule has 0 radical (unpaired) electrons. The van der Waals surface area contributed by atoms with Crippen molar-refractivity contribution in [2.45, 2.75) is 25.5 Å². The number of nitrogens with zero attached hydrogens (tertiary/aromatic N) is 2. The molecule has 2 aromatic rings. The van der Waals surface area contributed by atoms with Gasteiger partial charge in [0.2, 0.25) is 0 Å². The first-order chi connectivity index (χ1) is 15.0. The van der Waals surface area contributed by atoms with Gasteiger partial charge < -0.3 is 9.64 Å². The molecule has 2 aromatic carbocycles. The van der Waals surface area contributed by atoms with Crippen LogP contribution < -0.4 is 0 Å². The lowest BCUT2D eigenvalue weighted by Gasteiger charge is -2.34. The minimum absolute atomic E-state index is 0.179. The van der Waals surface area contributed by atoms with Crippen molar-refractivity contribution in [1.29, 1.82) is 0 Å². The van der Waals surface area contributed by atoms with Crippen molar-refractivity contribution in [3.63, 3.8) is 0 Å². The number of hydrogen-bond donors (Lipinski definition) is 0. The molecule has 0 unspecified atom stereocenters. The number of hydrogen-bond acceptors (Lipinski definition) is 3. The molecule has 0 atom stereocenters. The second-order valence-corrected chi connectivity index (χ2v) is 7.57. The van der Waals surface area contributed by atoms with Gasteiger partial charge in [-0.25, -0.2) is 0 Å². The quantitative estimate of drug-likeness (QED) is 0.584. The van der Waals surface area contributed by atoms with Crippen LogP contribution in [0.3, 0.4) is 0 Å². The van der Waals surface area contributed by atoms with E-state index in [0.717, 1.165) is 17.7 Å². The molecule has 0 spiro atoms. The highest BCUT2D eigenvalue weighted by molar-refractivity contribution is 5.94. The molecule has 3 rings (SSSR count). The van der Waals surface area contributed by atoms with Crippen molar-refractivity contribution >= 4 is 5.91 Å². The van der Waals surface area contributed by atoms with Crippen LogP contribution in [0.25, 0.3) is 0 Å². The zero-order valence-corrected chi connectivity index (χ0v) is 17.0. The Labute approximate surface area is 181 Å². The average Bonchev–Trinajstić information content (AvgIpc) is 2.73. The van der Waals surface area contributed by atoms with Crippen LogP contribution in [0.15, 0.2) is 48.5 Å². The molecule has 1 amide bonds. The largest absolute Gasteiger partial charge is 0.416 e. The number of ether oxygens (including phenoxy) is 1. The Balaban J connectivity index is 1.47. The molecular formula is C22H22F6N2O2. The Morgan fingerprint density at radius 3 is 1.91 bits per heavy atom. The SMILES string of the molecule is O=C(c1ccc(COCC(F)(F)F)cc1)N1CCN(Cc2ccc(C(F)(F)F)cc2)CC1. The van der Waals surface area contributed by atoms with Gasteiger partial charge >= 0.3 is 12.4 Å². The maximum absolute atomic E-state index is 12.7. The van der Waals surface area contributed by atoms with Crippen LogP contribution in [0.4, 0.5) is 26.3 Å². The Bertz CT molecular complexity index is 887. The van der Waals surface area contributed by atoms with E-state index in [1.54, 1.807) is 29.2 Å². The van der Waals surface area contributed by atoms with Gasteiger partial charge in [-0.3, -0.25) is 9.69 Å². The molecule has 174 valence electrons. The summed E-state index contributed by atoms with van der Waals surface area (Å²) in [5, 5.41) is 0. The Kier molecular flexibility index (Phi) is 7.45. The number of carbonyl (C=O) groups excluding carboxylic acids is 1. The summed E-state index contributed by atoms with van der Waals surface area (Å²) >= 11 is 0. The zero-order valence-electron chi connectivity index (χ0n) is 17.0. The molecule has 0 N–H and O–H groups in total. The Morgan fingerprint density at radius 2 is 1.38 bits per heavy atom. The van der Waals surface area contributed by atoms with Crippen molar-refractivity contribution in [3.05, 3.63) is 70.8 Å². The lowest BCUT2D eigenvalue weighted by atomic mass is 10.1. The van der Waals surface area contributed by atoms with E-state index in [1.807, 2.05) is 0 Å². The molecule has 0 bridgehead atoms. The van der Waals surface area contributed by atoms with Crippen LogP contribution in [-0.4, -0.2) is 54.7 Å². The van der Waals surface area contributed by atoms with Crippen molar-refractivity contribution < 1.29 is 35.9 Å². The predicted molar refractivity (Wildman–Crippen MR) is 105 cm³/mol. The van der Waals surface area contributed by atoms with Crippen LogP contribution in [0, 0.1) is 0 Å². The number of benzene rings is 2. The number of rotatable bonds is 6. The highest BCUT2D eigenvalue weighted by Gasteiger charge is 2.30. The van der Waals surface area contributed by atoms with Crippen LogP contribution in [0.5, 0.6) is 0 Å². The second kappa shape index (κ2) is 9.91. The first-order valence-corrected chi connectivity index (χ1v) is 9.92. The van der Waals surface area contributed by atoms with Gasteiger partial charge in [-0.15, -0.1) is 0 Å². The Hall–Kier alpha value is -2.59. The topological polar surface area (TPSA) is 32.8 Å². The maximum atomic E-state index is 12.7. The monoisotopic (exact) mass is 460 g/mol. The van der Waals surface area contributed by atoms with E-state index in [2.05, 4.69) is 9.64 Å². The van der Waals surface area contributed by atoms with E-state index < -0.39 is 24.5 Å². The Morgan fingerprint density at radius 1 is 0.812 bits per heavy atom. The van der Waals surface area contributed by atoms with Crippen LogP contribution in [0.1, 0.15) is 27.0 Å². The molecule has 1 aliphatic rings. The smallest absolute Gasteiger partial charge is 0.367 e. The third-order valence-electron chi connectivity index (χ3n) is 5.08. The number of alkyl halides is 6. The van der Waals surface area contributed by atoms with E-state index in [-0.39, 0.29) is 12.5 Å². The highest BCUT2D eigenvalue weighted by Crippen LogP contribution is 2.29. The van der Waals surface area contributed by atoms with Gasteiger partial charge in [0.15, 0.2) is 0 Å². The average molecular weight is 460 g/mol. The lowest BCUT2D eigenvalue weighted by molar-refractivity contribution is -0.176. The molecule has 1 heterocycles. The first-order valence-electron chi connectivity index (χ1n) is 9.92. The molecule has 1 aliphatic heterocycles. The van der Waals surface area contributed by atoms with E-state index in [4.69, 9.17) is 0 Å². The summed E-state index contributed by atoms with van der Waals surface area (Å²) in [6, 6.07) is 11.3. The number of amides is 1. The molecule has 1 saturated heterocycles. The standard InChI is InChI=1S/C22H22F6N2O2/c23-21(24,25)15-32-14-17-1-5-18(6-2-17)20(31)30-11-9-29(10-12-30)13-16-3-7-19(8-4-16)22(26,27)28/h1-8H,9-15H2. The van der Waals surface area contributed by atoms with Crippen LogP contribution in [-0.2, 0) is 24.1 Å². The fraction of sp³-hybridized carbons (Fsp3) is 0.409. The lowest BCUT2D eigenvalue weighted by Crippen LogP contribution is -2.48. The van der Waals surface area contributed by atoms with Gasteiger partial charge in [-0.2, -0.15) is 26.3 Å². The molecule has 4 nitrogen and oxygen atoms in total. The number of piperazine rings is 1. The molecular weight excluding hydrogens is 438 g/mol. The fourth-order valence-electron chi connectivity index (χ4n) is 3.38. The second-order valence-electron chi connectivity index (χ2n) is 7.57. The third-order valence-corrected chi connectivity index (χ3v) is 5.08. The highest BCUT2D eigenvalue weighted by atomic mass is 19.4. The summed E-state index contributed by atoms with van der Waals surface area (Å²) in [5.41, 5.74) is 1.05. The first kappa shape index (κ1) is 24.1. The van der Waals surface area contributed by atoms with Crippen LogP contribution >= 0.6 is 0 Å². The van der Waals surface area contributed by atoms with E-state index in [9.17, 15) is 31.1 Å². The molecule has 10 heteroatoms. The summed E-state index contributed by atoms with van der Waals surface area (Å²) < 4.78 is 79.0. The predicted octanol–water partition coefficient (Wildman–Crippen LogP) is 4.74. The molecule has 0 saturated carbocycles. The van der Waals surface area contributed by atoms with Gasteiger partial charge in [0.1, 0.15) is 6.61 Å². The molecule has 32 heavy (non-hydrogen) atoms. The van der Waals surface area contributed by atoms with Gasteiger partial charge in [0.05, 0.1) is 12.2 Å². The van der Waals surface area contributed by atoms with Gasteiger partial charge in [0, 0.05) is 38.3 Å². The van der Waals surface area contributed by atoms with Gasteiger partial charge in [-0.05, 0) is 35.4 Å². The molecule has 0 aliphatic carbocycles. The minimum atomic E-state index is -4.38. The van der Waals surface area contributed by atoms with Gasteiger partial charge in [-0.1, -0.05) is 24.3 Å². The summed E-state index contributed by atoms with van der Waals surface area (Å²) in [7, 11) is 0. The molecule has 1 fully saturated rings. The van der Waals surface area contributed by atoms with Crippen LogP contribution in [0.2, 0.25) is 0 Å². The number of carbonyl (C=O) groups is 1. The van der Waals surface area contributed by atoms with E-state index in [1.165, 1.54) is 12.1 Å². The summed E-state index contributed by atoms with van der Waals surface area (Å²) in [6.07, 6.45) is -8.75. The van der Waals surface area contributed by atoms with Crippen molar-refractivity contribution in [2.24, 2.45) is 0 Å². The van der Waals surface area contributed by atoms with E-state index in [0.29, 0.717) is 43.9 Å². The number of halogens is 6. The van der Waals surface area contributed by atoms with E-state index >= 15 is 0 Å². The van der Waals surface area contributed by atoms with Crippen molar-refractivity contribution in [2.75, 3.05) is 32.8 Å². The molecule has 0 aromatic heterocycles. The summed E-state index contributed by atoms with van der Waals surface area (Å²) in [6.45, 7) is 1.06. The van der Waals surface area contributed by atoms with Crippen molar-refractivity contribution in [1.82, 2.24) is 9.80 Å². The summed E-state index contributed by atoms with van der Waals surface area (Å²) in [5.74, 6) is -0.179. The fourth-order valence-corrected chi connectivity index (χ4v) is 3.38.